The summed E-state index contributed by atoms with van der Waals surface area (Å²) in [6.45, 7) is 0.728. The SMILES string of the molecule is CS(=O)(=O)N1CCC(C(=O)Nc2nnc(-c3ccc(Cl)cc3)s2)CC1. The van der Waals surface area contributed by atoms with Gasteiger partial charge in [0.25, 0.3) is 0 Å². The van der Waals surface area contributed by atoms with Crippen molar-refractivity contribution in [3.05, 3.63) is 29.3 Å². The smallest absolute Gasteiger partial charge is 0.229 e. The summed E-state index contributed by atoms with van der Waals surface area (Å²) in [5.41, 5.74) is 0.879. The predicted molar refractivity (Wildman–Crippen MR) is 98.1 cm³/mol. The van der Waals surface area contributed by atoms with Crippen LogP contribution >= 0.6 is 22.9 Å². The lowest BCUT2D eigenvalue weighted by atomic mass is 9.97. The van der Waals surface area contributed by atoms with Gasteiger partial charge in [0.15, 0.2) is 0 Å². The Labute approximate surface area is 155 Å². The van der Waals surface area contributed by atoms with Gasteiger partial charge < -0.3 is 5.32 Å². The minimum Gasteiger partial charge on any atom is -0.300 e. The van der Waals surface area contributed by atoms with Crippen molar-refractivity contribution in [2.75, 3.05) is 24.7 Å². The zero-order chi connectivity index (χ0) is 18.0. The summed E-state index contributed by atoms with van der Waals surface area (Å²) in [6, 6.07) is 7.23. The monoisotopic (exact) mass is 400 g/mol. The molecule has 0 atom stereocenters. The Morgan fingerprint density at radius 1 is 1.24 bits per heavy atom. The quantitative estimate of drug-likeness (QED) is 0.851. The minimum absolute atomic E-state index is 0.146. The lowest BCUT2D eigenvalue weighted by molar-refractivity contribution is -0.120. The van der Waals surface area contributed by atoms with Crippen LogP contribution in [0.5, 0.6) is 0 Å². The summed E-state index contributed by atoms with van der Waals surface area (Å²) in [4.78, 5) is 12.4. The molecule has 0 bridgehead atoms. The molecule has 25 heavy (non-hydrogen) atoms. The third kappa shape index (κ3) is 4.55. The lowest BCUT2D eigenvalue weighted by Crippen LogP contribution is -2.40. The first kappa shape index (κ1) is 18.2. The maximum Gasteiger partial charge on any atom is 0.229 e. The van der Waals surface area contributed by atoms with E-state index in [4.69, 9.17) is 11.6 Å². The number of benzene rings is 1. The fraction of sp³-hybridized carbons (Fsp3) is 0.400. The first-order chi connectivity index (χ1) is 11.8. The van der Waals surface area contributed by atoms with Gasteiger partial charge in [-0.2, -0.15) is 0 Å². The van der Waals surface area contributed by atoms with Crippen molar-refractivity contribution in [2.24, 2.45) is 5.92 Å². The average molecular weight is 401 g/mol. The number of sulfonamides is 1. The molecule has 1 saturated heterocycles. The molecule has 0 radical (unpaired) electrons. The lowest BCUT2D eigenvalue weighted by Gasteiger charge is -2.29. The highest BCUT2D eigenvalue weighted by Crippen LogP contribution is 2.28. The molecule has 2 heterocycles. The third-order valence-electron chi connectivity index (χ3n) is 4.04. The van der Waals surface area contributed by atoms with Crippen molar-refractivity contribution >= 4 is 44.0 Å². The van der Waals surface area contributed by atoms with Crippen LogP contribution in [0.25, 0.3) is 10.6 Å². The summed E-state index contributed by atoms with van der Waals surface area (Å²) in [6.07, 6.45) is 2.19. The van der Waals surface area contributed by atoms with E-state index in [1.54, 1.807) is 12.1 Å². The zero-order valence-electron chi connectivity index (χ0n) is 13.5. The van der Waals surface area contributed by atoms with Crippen LogP contribution in [-0.2, 0) is 14.8 Å². The molecule has 0 spiro atoms. The fourth-order valence-electron chi connectivity index (χ4n) is 2.64. The van der Waals surface area contributed by atoms with E-state index in [0.29, 0.717) is 41.1 Å². The molecule has 3 rings (SSSR count). The van der Waals surface area contributed by atoms with Gasteiger partial charge in [-0.25, -0.2) is 12.7 Å². The van der Waals surface area contributed by atoms with E-state index in [9.17, 15) is 13.2 Å². The van der Waals surface area contributed by atoms with E-state index in [1.165, 1.54) is 21.9 Å². The van der Waals surface area contributed by atoms with Crippen LogP contribution in [0.3, 0.4) is 0 Å². The fourth-order valence-corrected chi connectivity index (χ4v) is 4.39. The Morgan fingerprint density at radius 3 is 2.48 bits per heavy atom. The maximum absolute atomic E-state index is 12.4. The van der Waals surface area contributed by atoms with Crippen LogP contribution in [0.2, 0.25) is 5.02 Å². The largest absolute Gasteiger partial charge is 0.300 e. The van der Waals surface area contributed by atoms with Gasteiger partial charge >= 0.3 is 0 Å². The van der Waals surface area contributed by atoms with Crippen molar-refractivity contribution in [1.29, 1.82) is 0 Å². The first-order valence-electron chi connectivity index (χ1n) is 7.68. The van der Waals surface area contributed by atoms with Crippen molar-refractivity contribution in [3.8, 4) is 10.6 Å². The molecule has 1 amide bonds. The normalized spacial score (nSPS) is 16.7. The Morgan fingerprint density at radius 2 is 1.88 bits per heavy atom. The Bertz CT molecular complexity index is 859. The minimum atomic E-state index is -3.19. The van der Waals surface area contributed by atoms with Crippen molar-refractivity contribution in [3.63, 3.8) is 0 Å². The molecule has 2 aromatic rings. The van der Waals surface area contributed by atoms with Gasteiger partial charge in [-0.05, 0) is 25.0 Å². The molecule has 1 fully saturated rings. The number of nitrogens with zero attached hydrogens (tertiary/aromatic N) is 3. The third-order valence-corrected chi connectivity index (χ3v) is 6.48. The van der Waals surface area contributed by atoms with E-state index in [1.807, 2.05) is 12.1 Å². The average Bonchev–Trinajstić information content (AvgIpc) is 3.03. The van der Waals surface area contributed by atoms with Gasteiger partial charge in [0, 0.05) is 29.6 Å². The number of aromatic nitrogens is 2. The topological polar surface area (TPSA) is 92.3 Å². The highest BCUT2D eigenvalue weighted by Gasteiger charge is 2.29. The van der Waals surface area contributed by atoms with Gasteiger partial charge in [-0.1, -0.05) is 35.1 Å². The second-order valence-corrected chi connectivity index (χ2v) is 9.24. The molecule has 134 valence electrons. The molecule has 0 unspecified atom stereocenters. The second kappa shape index (κ2) is 7.36. The standard InChI is InChI=1S/C15H17ClN4O3S2/c1-25(22,23)20-8-6-10(7-9-20)13(21)17-15-19-18-14(24-15)11-2-4-12(16)5-3-11/h2-5,10H,6-9H2,1H3,(H,17,19,21). The molecule has 1 aliphatic rings. The number of carbonyl (C=O) groups is 1. The highest BCUT2D eigenvalue weighted by atomic mass is 35.5. The molecule has 0 aliphatic carbocycles. The van der Waals surface area contributed by atoms with E-state index in [-0.39, 0.29) is 11.8 Å². The second-order valence-electron chi connectivity index (χ2n) is 5.84. The Hall–Kier alpha value is -1.55. The van der Waals surface area contributed by atoms with Crippen molar-refractivity contribution in [1.82, 2.24) is 14.5 Å². The molecular weight excluding hydrogens is 384 g/mol. The summed E-state index contributed by atoms with van der Waals surface area (Å²) < 4.78 is 24.4. The number of piperidine rings is 1. The molecular formula is C15H17ClN4O3S2. The van der Waals surface area contributed by atoms with E-state index < -0.39 is 10.0 Å². The van der Waals surface area contributed by atoms with Crippen molar-refractivity contribution in [2.45, 2.75) is 12.8 Å². The molecule has 1 aliphatic heterocycles. The number of hydrogen-bond acceptors (Lipinski definition) is 6. The molecule has 1 aromatic heterocycles. The molecule has 1 aromatic carbocycles. The zero-order valence-corrected chi connectivity index (χ0v) is 15.9. The molecule has 7 nitrogen and oxygen atoms in total. The number of halogens is 1. The van der Waals surface area contributed by atoms with Gasteiger partial charge in [-0.3, -0.25) is 4.79 Å². The number of amides is 1. The Kier molecular flexibility index (Phi) is 5.38. The highest BCUT2D eigenvalue weighted by molar-refractivity contribution is 7.88. The number of hydrogen-bond donors (Lipinski definition) is 1. The van der Waals surface area contributed by atoms with E-state index >= 15 is 0 Å². The number of nitrogens with one attached hydrogen (secondary N) is 1. The number of anilines is 1. The van der Waals surface area contributed by atoms with E-state index in [0.717, 1.165) is 5.56 Å². The van der Waals surface area contributed by atoms with Gasteiger partial charge in [0.05, 0.1) is 6.26 Å². The summed E-state index contributed by atoms with van der Waals surface area (Å²) >= 11 is 7.15. The summed E-state index contributed by atoms with van der Waals surface area (Å²) in [5, 5.41) is 12.6. The molecule has 0 saturated carbocycles. The number of carbonyl (C=O) groups excluding carboxylic acids is 1. The molecule has 10 heteroatoms. The first-order valence-corrected chi connectivity index (χ1v) is 10.7. The van der Waals surface area contributed by atoms with Crippen LogP contribution in [0.1, 0.15) is 12.8 Å². The van der Waals surface area contributed by atoms with Crippen LogP contribution in [0.4, 0.5) is 5.13 Å². The van der Waals surface area contributed by atoms with Crippen LogP contribution < -0.4 is 5.32 Å². The van der Waals surface area contributed by atoms with Crippen molar-refractivity contribution < 1.29 is 13.2 Å². The van der Waals surface area contributed by atoms with Gasteiger partial charge in [0.1, 0.15) is 5.01 Å². The van der Waals surface area contributed by atoms with E-state index in [2.05, 4.69) is 15.5 Å². The summed E-state index contributed by atoms with van der Waals surface area (Å²) in [7, 11) is -3.19. The molecule has 1 N–H and O–H groups in total. The maximum atomic E-state index is 12.4. The Balaban J connectivity index is 1.60. The summed E-state index contributed by atoms with van der Waals surface area (Å²) in [5.74, 6) is -0.368. The predicted octanol–water partition coefficient (Wildman–Crippen LogP) is 2.47. The van der Waals surface area contributed by atoms with Crippen LogP contribution in [-0.4, -0.2) is 48.2 Å². The van der Waals surface area contributed by atoms with Crippen LogP contribution in [0, 0.1) is 5.92 Å². The van der Waals surface area contributed by atoms with Crippen LogP contribution in [0.15, 0.2) is 24.3 Å². The number of rotatable bonds is 4. The van der Waals surface area contributed by atoms with Gasteiger partial charge in [-0.15, -0.1) is 10.2 Å². The van der Waals surface area contributed by atoms with Gasteiger partial charge in [0.2, 0.25) is 21.1 Å².